The fourth-order valence-corrected chi connectivity index (χ4v) is 4.59. The molecule has 1 aliphatic heterocycles. The molecular formula is C20H22ClN5O2S. The highest BCUT2D eigenvalue weighted by Gasteiger charge is 2.22. The van der Waals surface area contributed by atoms with Crippen molar-refractivity contribution in [2.75, 3.05) is 24.5 Å². The lowest BCUT2D eigenvalue weighted by atomic mass is 10.0. The first kappa shape index (κ1) is 19.8. The number of hydrogen-bond acceptors (Lipinski definition) is 6. The van der Waals surface area contributed by atoms with E-state index < -0.39 is 5.56 Å². The van der Waals surface area contributed by atoms with Crippen molar-refractivity contribution in [3.05, 3.63) is 57.0 Å². The minimum atomic E-state index is -0.435. The van der Waals surface area contributed by atoms with Crippen LogP contribution >= 0.6 is 22.9 Å². The lowest BCUT2D eigenvalue weighted by molar-refractivity contribution is 0.0946. The van der Waals surface area contributed by atoms with Crippen LogP contribution in [0.3, 0.4) is 0 Å². The van der Waals surface area contributed by atoms with E-state index in [-0.39, 0.29) is 11.6 Å². The normalized spacial score (nSPS) is 16.9. The maximum absolute atomic E-state index is 12.7. The van der Waals surface area contributed by atoms with Crippen LogP contribution in [-0.2, 0) is 6.42 Å². The van der Waals surface area contributed by atoms with Gasteiger partial charge in [-0.2, -0.15) is 9.50 Å². The molecule has 152 valence electrons. The van der Waals surface area contributed by atoms with E-state index in [2.05, 4.69) is 27.2 Å². The Balaban J connectivity index is 1.51. The van der Waals surface area contributed by atoms with E-state index in [4.69, 9.17) is 11.6 Å². The summed E-state index contributed by atoms with van der Waals surface area (Å²) in [6.07, 6.45) is 2.98. The molecule has 1 aromatic carbocycles. The van der Waals surface area contributed by atoms with Gasteiger partial charge in [0.2, 0.25) is 10.1 Å². The van der Waals surface area contributed by atoms with Crippen LogP contribution in [0, 0.1) is 5.92 Å². The van der Waals surface area contributed by atoms with Crippen LogP contribution in [0.15, 0.2) is 35.1 Å². The van der Waals surface area contributed by atoms with Gasteiger partial charge in [0.1, 0.15) is 5.69 Å². The first-order valence-corrected chi connectivity index (χ1v) is 10.9. The van der Waals surface area contributed by atoms with Gasteiger partial charge < -0.3 is 10.2 Å². The summed E-state index contributed by atoms with van der Waals surface area (Å²) in [4.78, 5) is 31.4. The van der Waals surface area contributed by atoms with Crippen molar-refractivity contribution in [2.45, 2.75) is 26.2 Å². The summed E-state index contributed by atoms with van der Waals surface area (Å²) in [5, 5.41) is 8.94. The summed E-state index contributed by atoms with van der Waals surface area (Å²) >= 11 is 7.24. The van der Waals surface area contributed by atoms with Crippen molar-refractivity contribution in [1.82, 2.24) is 19.9 Å². The highest BCUT2D eigenvalue weighted by molar-refractivity contribution is 7.20. The maximum atomic E-state index is 12.7. The Morgan fingerprint density at radius 3 is 2.90 bits per heavy atom. The third-order valence-electron chi connectivity index (χ3n) is 5.02. The number of aromatic nitrogens is 3. The number of nitrogens with zero attached hydrogens (tertiary/aromatic N) is 4. The van der Waals surface area contributed by atoms with E-state index in [0.29, 0.717) is 28.9 Å². The SMILES string of the molecule is C[C@@H]1CCCN(c2nn3c(C(=O)NCCc4ccc(Cl)cc4)cc(=O)nc3s2)C1. The second-order valence-corrected chi connectivity index (χ2v) is 8.76. The first-order valence-electron chi connectivity index (χ1n) is 9.68. The number of carbonyl (C=O) groups is 1. The van der Waals surface area contributed by atoms with Crippen molar-refractivity contribution in [3.8, 4) is 0 Å². The molecule has 29 heavy (non-hydrogen) atoms. The average Bonchev–Trinajstić information content (AvgIpc) is 3.12. The van der Waals surface area contributed by atoms with Crippen LogP contribution < -0.4 is 15.8 Å². The molecule has 1 atom stereocenters. The predicted octanol–water partition coefficient (Wildman–Crippen LogP) is 3.01. The maximum Gasteiger partial charge on any atom is 0.274 e. The predicted molar refractivity (Wildman–Crippen MR) is 115 cm³/mol. The van der Waals surface area contributed by atoms with Crippen LogP contribution in [0.25, 0.3) is 4.96 Å². The quantitative estimate of drug-likeness (QED) is 0.671. The molecule has 0 saturated carbocycles. The summed E-state index contributed by atoms with van der Waals surface area (Å²) in [6, 6.07) is 8.74. The van der Waals surface area contributed by atoms with Gasteiger partial charge in [0, 0.05) is 30.7 Å². The molecule has 0 spiro atoms. The Morgan fingerprint density at radius 1 is 1.34 bits per heavy atom. The van der Waals surface area contributed by atoms with Crippen LogP contribution in [-0.4, -0.2) is 40.1 Å². The summed E-state index contributed by atoms with van der Waals surface area (Å²) in [7, 11) is 0. The number of rotatable bonds is 5. The number of hydrogen-bond donors (Lipinski definition) is 1. The number of anilines is 1. The van der Waals surface area contributed by atoms with Gasteiger partial charge in [-0.05, 0) is 42.9 Å². The molecule has 9 heteroatoms. The molecule has 1 saturated heterocycles. The van der Waals surface area contributed by atoms with E-state index in [0.717, 1.165) is 30.2 Å². The molecule has 4 rings (SSSR count). The third-order valence-corrected chi connectivity index (χ3v) is 6.24. The number of halogens is 1. The highest BCUT2D eigenvalue weighted by Crippen LogP contribution is 2.27. The lowest BCUT2D eigenvalue weighted by Crippen LogP contribution is -2.34. The van der Waals surface area contributed by atoms with Crippen LogP contribution in [0.1, 0.15) is 35.8 Å². The molecule has 1 aliphatic rings. The molecular weight excluding hydrogens is 410 g/mol. The fraction of sp³-hybridized carbons (Fsp3) is 0.400. The fourth-order valence-electron chi connectivity index (χ4n) is 3.52. The average molecular weight is 432 g/mol. The molecule has 1 fully saturated rings. The van der Waals surface area contributed by atoms with Crippen LogP contribution in [0.5, 0.6) is 0 Å². The second kappa shape index (κ2) is 8.51. The molecule has 7 nitrogen and oxygen atoms in total. The summed E-state index contributed by atoms with van der Waals surface area (Å²) < 4.78 is 1.48. The summed E-state index contributed by atoms with van der Waals surface area (Å²) in [6.45, 7) is 4.52. The van der Waals surface area contributed by atoms with E-state index in [1.165, 1.54) is 28.3 Å². The standard InChI is InChI=1S/C20H22ClN5O2S/c1-13-3-2-10-25(12-13)20-24-26-16(11-17(27)23-19(26)29-20)18(28)22-9-8-14-4-6-15(21)7-5-14/h4-7,11,13H,2-3,8-10,12H2,1H3,(H,22,28)/t13-/m1/s1. The molecule has 3 heterocycles. The van der Waals surface area contributed by atoms with Gasteiger partial charge in [-0.3, -0.25) is 9.59 Å². The molecule has 3 aromatic rings. The topological polar surface area (TPSA) is 79.6 Å². The van der Waals surface area contributed by atoms with Gasteiger partial charge in [-0.1, -0.05) is 42.0 Å². The molecule has 0 radical (unpaired) electrons. The van der Waals surface area contributed by atoms with E-state index in [1.807, 2.05) is 24.3 Å². The van der Waals surface area contributed by atoms with Crippen LogP contribution in [0.4, 0.5) is 5.13 Å². The minimum absolute atomic E-state index is 0.212. The second-order valence-electron chi connectivity index (χ2n) is 7.38. The van der Waals surface area contributed by atoms with Crippen molar-refractivity contribution in [3.63, 3.8) is 0 Å². The van der Waals surface area contributed by atoms with Gasteiger partial charge in [-0.15, -0.1) is 5.10 Å². The minimum Gasteiger partial charge on any atom is -0.350 e. The monoisotopic (exact) mass is 431 g/mol. The molecule has 0 unspecified atom stereocenters. The largest absolute Gasteiger partial charge is 0.350 e. The van der Waals surface area contributed by atoms with Gasteiger partial charge in [0.05, 0.1) is 0 Å². The van der Waals surface area contributed by atoms with Gasteiger partial charge in [0.15, 0.2) is 0 Å². The Kier molecular flexibility index (Phi) is 5.82. The Labute approximate surface area is 177 Å². The number of benzene rings is 1. The zero-order valence-electron chi connectivity index (χ0n) is 16.1. The van der Waals surface area contributed by atoms with Gasteiger partial charge in [0.25, 0.3) is 11.5 Å². The van der Waals surface area contributed by atoms with Crippen LogP contribution in [0.2, 0.25) is 5.02 Å². The lowest BCUT2D eigenvalue weighted by Gasteiger charge is -2.30. The van der Waals surface area contributed by atoms with Crippen molar-refractivity contribution >= 4 is 38.9 Å². The molecule has 1 amide bonds. The Bertz CT molecular complexity index is 1080. The molecule has 0 aliphatic carbocycles. The smallest absolute Gasteiger partial charge is 0.274 e. The van der Waals surface area contributed by atoms with E-state index in [1.54, 1.807) is 0 Å². The Hall–Kier alpha value is -2.45. The number of amides is 1. The van der Waals surface area contributed by atoms with Crippen molar-refractivity contribution in [2.24, 2.45) is 5.92 Å². The number of piperidine rings is 1. The van der Waals surface area contributed by atoms with Gasteiger partial charge in [-0.25, -0.2) is 0 Å². The van der Waals surface area contributed by atoms with E-state index >= 15 is 0 Å². The number of fused-ring (bicyclic) bond motifs is 1. The number of nitrogens with one attached hydrogen (secondary N) is 1. The number of carbonyl (C=O) groups excluding carboxylic acids is 1. The van der Waals surface area contributed by atoms with E-state index in [9.17, 15) is 9.59 Å². The zero-order chi connectivity index (χ0) is 20.4. The van der Waals surface area contributed by atoms with Crippen molar-refractivity contribution in [1.29, 1.82) is 0 Å². The first-order chi connectivity index (χ1) is 14.0. The highest BCUT2D eigenvalue weighted by atomic mass is 35.5. The van der Waals surface area contributed by atoms with Crippen molar-refractivity contribution < 1.29 is 4.79 Å². The van der Waals surface area contributed by atoms with Gasteiger partial charge >= 0.3 is 0 Å². The third kappa shape index (κ3) is 4.59. The Morgan fingerprint density at radius 2 is 2.14 bits per heavy atom. The summed E-state index contributed by atoms with van der Waals surface area (Å²) in [5.41, 5.74) is 0.848. The zero-order valence-corrected chi connectivity index (χ0v) is 17.7. The molecule has 1 N–H and O–H groups in total. The summed E-state index contributed by atoms with van der Waals surface area (Å²) in [5.74, 6) is 0.261. The molecule has 0 bridgehead atoms. The molecule has 2 aromatic heterocycles.